The van der Waals surface area contributed by atoms with Gasteiger partial charge >= 0.3 is 12.1 Å². The van der Waals surface area contributed by atoms with Gasteiger partial charge in [0.15, 0.2) is 0 Å². The molecule has 1 N–H and O–H groups in total. The van der Waals surface area contributed by atoms with Crippen LogP contribution in [0.1, 0.15) is 71.3 Å². The molecule has 0 spiro atoms. The third kappa shape index (κ3) is 5.88. The van der Waals surface area contributed by atoms with Crippen molar-refractivity contribution in [2.75, 3.05) is 0 Å². The van der Waals surface area contributed by atoms with Gasteiger partial charge in [0.05, 0.1) is 12.1 Å². The molecule has 6 heteroatoms. The largest absolute Gasteiger partial charge is 0.478 e. The number of carbonyl (C=O) groups excluding carboxylic acids is 1. The van der Waals surface area contributed by atoms with Crippen LogP contribution >= 0.6 is 0 Å². The number of carboxylic acids is 1. The molecule has 1 aliphatic carbocycles. The van der Waals surface area contributed by atoms with Crippen LogP contribution in [-0.4, -0.2) is 39.9 Å². The third-order valence-electron chi connectivity index (χ3n) is 6.44. The van der Waals surface area contributed by atoms with Crippen molar-refractivity contribution in [2.24, 2.45) is 5.92 Å². The molecule has 1 aromatic rings. The number of nitrogens with zero attached hydrogens (tertiary/aromatic N) is 1. The quantitative estimate of drug-likeness (QED) is 0.578. The van der Waals surface area contributed by atoms with E-state index in [1.54, 1.807) is 11.0 Å². The van der Waals surface area contributed by atoms with Crippen LogP contribution in [0.15, 0.2) is 42.0 Å². The summed E-state index contributed by atoms with van der Waals surface area (Å²) < 4.78 is 11.9. The van der Waals surface area contributed by atoms with Crippen LogP contribution in [0.3, 0.4) is 0 Å². The second kappa shape index (κ2) is 10.3. The molecule has 0 radical (unpaired) electrons. The Bertz CT molecular complexity index is 782. The van der Waals surface area contributed by atoms with Gasteiger partial charge in [-0.05, 0) is 44.2 Å². The molecule has 2 atom stereocenters. The zero-order valence-electron chi connectivity index (χ0n) is 18.9. The van der Waals surface area contributed by atoms with Crippen molar-refractivity contribution in [3.8, 4) is 0 Å². The van der Waals surface area contributed by atoms with Crippen molar-refractivity contribution < 1.29 is 24.2 Å². The third-order valence-corrected chi connectivity index (χ3v) is 6.44. The maximum absolute atomic E-state index is 13.2. The SMILES string of the molecule is CCC(=CC1OC(C)(C)N(C(=O)OCc2ccccc2)[C@H]1CC1CCCCC1)C(=O)O. The van der Waals surface area contributed by atoms with Crippen molar-refractivity contribution in [1.29, 1.82) is 0 Å². The number of carboxylic acid groups (broad SMARTS) is 1. The maximum atomic E-state index is 13.2. The molecule has 3 rings (SSSR count). The Hall–Kier alpha value is -2.34. The van der Waals surface area contributed by atoms with Crippen LogP contribution in [0.5, 0.6) is 0 Å². The van der Waals surface area contributed by atoms with Gasteiger partial charge < -0.3 is 14.6 Å². The lowest BCUT2D eigenvalue weighted by Crippen LogP contribution is -2.49. The molecule has 2 fully saturated rings. The molecule has 1 amide bonds. The number of aliphatic carboxylic acids is 1. The van der Waals surface area contributed by atoms with E-state index in [0.717, 1.165) is 24.8 Å². The van der Waals surface area contributed by atoms with Gasteiger partial charge in [0.25, 0.3) is 0 Å². The smallest absolute Gasteiger partial charge is 0.412 e. The van der Waals surface area contributed by atoms with Crippen LogP contribution in [-0.2, 0) is 20.9 Å². The fraction of sp³-hybridized carbons (Fsp3) is 0.600. The summed E-state index contributed by atoms with van der Waals surface area (Å²) in [6.07, 6.45) is 7.96. The van der Waals surface area contributed by atoms with E-state index in [1.807, 2.05) is 51.1 Å². The topological polar surface area (TPSA) is 76.1 Å². The molecule has 0 bridgehead atoms. The number of amides is 1. The first-order valence-corrected chi connectivity index (χ1v) is 11.4. The number of ether oxygens (including phenoxy) is 2. The zero-order chi connectivity index (χ0) is 22.4. The summed E-state index contributed by atoms with van der Waals surface area (Å²) in [4.78, 5) is 26.5. The van der Waals surface area contributed by atoms with E-state index < -0.39 is 23.9 Å². The number of rotatable bonds is 7. The number of benzene rings is 1. The Kier molecular flexibility index (Phi) is 7.76. The van der Waals surface area contributed by atoms with Gasteiger partial charge in [-0.3, -0.25) is 4.90 Å². The number of hydrogen-bond donors (Lipinski definition) is 1. The van der Waals surface area contributed by atoms with E-state index in [4.69, 9.17) is 9.47 Å². The fourth-order valence-electron chi connectivity index (χ4n) is 4.85. The van der Waals surface area contributed by atoms with E-state index in [9.17, 15) is 14.7 Å². The summed E-state index contributed by atoms with van der Waals surface area (Å²) in [7, 11) is 0. The lowest BCUT2D eigenvalue weighted by Gasteiger charge is -2.35. The zero-order valence-corrected chi connectivity index (χ0v) is 18.9. The Balaban J connectivity index is 1.83. The molecule has 1 aromatic carbocycles. The highest BCUT2D eigenvalue weighted by atomic mass is 16.6. The molecule has 0 aromatic heterocycles. The minimum Gasteiger partial charge on any atom is -0.478 e. The lowest BCUT2D eigenvalue weighted by molar-refractivity contribution is -0.133. The molecular formula is C25H35NO5. The molecule has 6 nitrogen and oxygen atoms in total. The van der Waals surface area contributed by atoms with Crippen molar-refractivity contribution in [3.63, 3.8) is 0 Å². The lowest BCUT2D eigenvalue weighted by atomic mass is 9.83. The normalized spacial score (nSPS) is 24.2. The maximum Gasteiger partial charge on any atom is 0.412 e. The van der Waals surface area contributed by atoms with E-state index in [2.05, 4.69) is 0 Å². The summed E-state index contributed by atoms with van der Waals surface area (Å²) in [5.74, 6) is -0.433. The molecule has 1 saturated carbocycles. The highest BCUT2D eigenvalue weighted by molar-refractivity contribution is 5.86. The monoisotopic (exact) mass is 429 g/mol. The predicted octanol–water partition coefficient (Wildman–Crippen LogP) is 5.52. The van der Waals surface area contributed by atoms with Crippen LogP contribution in [0.4, 0.5) is 4.79 Å². The molecule has 1 unspecified atom stereocenters. The molecule has 31 heavy (non-hydrogen) atoms. The molecule has 1 saturated heterocycles. The van der Waals surface area contributed by atoms with Crippen LogP contribution in [0.2, 0.25) is 0 Å². The molecular weight excluding hydrogens is 394 g/mol. The van der Waals surface area contributed by atoms with Crippen LogP contribution < -0.4 is 0 Å². The van der Waals surface area contributed by atoms with Crippen LogP contribution in [0.25, 0.3) is 0 Å². The van der Waals surface area contributed by atoms with Crippen LogP contribution in [0, 0.1) is 5.92 Å². The molecule has 2 aliphatic rings. The number of carbonyl (C=O) groups is 2. The molecule has 170 valence electrons. The summed E-state index contributed by atoms with van der Waals surface area (Å²) in [5, 5.41) is 9.53. The first-order chi connectivity index (χ1) is 14.8. The summed E-state index contributed by atoms with van der Waals surface area (Å²) >= 11 is 0. The average molecular weight is 430 g/mol. The Morgan fingerprint density at radius 1 is 1.19 bits per heavy atom. The Morgan fingerprint density at radius 2 is 1.87 bits per heavy atom. The molecule has 1 heterocycles. The van der Waals surface area contributed by atoms with E-state index >= 15 is 0 Å². The number of hydrogen-bond acceptors (Lipinski definition) is 4. The summed E-state index contributed by atoms with van der Waals surface area (Å²) in [5.41, 5.74) is 0.355. The van der Waals surface area contributed by atoms with Crippen molar-refractivity contribution in [2.45, 2.75) is 90.2 Å². The van der Waals surface area contributed by atoms with Gasteiger partial charge in [-0.2, -0.15) is 0 Å². The van der Waals surface area contributed by atoms with E-state index in [0.29, 0.717) is 17.9 Å². The molecule has 1 aliphatic heterocycles. The van der Waals surface area contributed by atoms with Gasteiger partial charge in [-0.15, -0.1) is 0 Å². The first kappa shape index (κ1) is 23.3. The second-order valence-corrected chi connectivity index (χ2v) is 9.10. The Morgan fingerprint density at radius 3 is 2.48 bits per heavy atom. The summed E-state index contributed by atoms with van der Waals surface area (Å²) in [6.45, 7) is 5.72. The predicted molar refractivity (Wildman–Crippen MR) is 118 cm³/mol. The second-order valence-electron chi connectivity index (χ2n) is 9.10. The Labute approximate surface area is 185 Å². The first-order valence-electron chi connectivity index (χ1n) is 11.4. The highest BCUT2D eigenvalue weighted by Gasteiger charge is 2.50. The van der Waals surface area contributed by atoms with Crippen molar-refractivity contribution in [1.82, 2.24) is 4.90 Å². The van der Waals surface area contributed by atoms with Gasteiger partial charge in [0.2, 0.25) is 0 Å². The standard InChI is InChI=1S/C25H35NO5/c1-4-20(23(27)28)16-22-21(15-18-11-7-5-8-12-18)26(25(2,3)31-22)24(29)30-17-19-13-9-6-10-14-19/h6,9-10,13-14,16,18,21-22H,4-5,7-8,11-12,15,17H2,1-3H3,(H,27,28)/t21-,22?/m0/s1. The van der Waals surface area contributed by atoms with E-state index in [1.165, 1.54) is 19.3 Å². The minimum atomic E-state index is -0.939. The van der Waals surface area contributed by atoms with Gasteiger partial charge in [0, 0.05) is 5.57 Å². The van der Waals surface area contributed by atoms with Crippen molar-refractivity contribution >= 4 is 12.1 Å². The minimum absolute atomic E-state index is 0.193. The average Bonchev–Trinajstić information content (AvgIpc) is 3.00. The van der Waals surface area contributed by atoms with Gasteiger partial charge in [-0.25, -0.2) is 9.59 Å². The van der Waals surface area contributed by atoms with Crippen molar-refractivity contribution in [3.05, 3.63) is 47.5 Å². The highest BCUT2D eigenvalue weighted by Crippen LogP contribution is 2.39. The van der Waals surface area contributed by atoms with Gasteiger partial charge in [-0.1, -0.05) is 69.4 Å². The van der Waals surface area contributed by atoms with Gasteiger partial charge in [0.1, 0.15) is 12.3 Å². The van der Waals surface area contributed by atoms with E-state index in [-0.39, 0.29) is 12.6 Å². The summed E-state index contributed by atoms with van der Waals surface area (Å²) in [6, 6.07) is 9.35. The fourth-order valence-corrected chi connectivity index (χ4v) is 4.85.